The monoisotopic (exact) mass is 548 g/mol. The van der Waals surface area contributed by atoms with E-state index in [1.807, 2.05) is 19.0 Å². The quantitative estimate of drug-likeness (QED) is 0.0977. The Bertz CT molecular complexity index is 1230. The Balaban J connectivity index is 1.90. The molecule has 0 fully saturated rings. The molecule has 0 aliphatic heterocycles. The molecule has 0 atom stereocenters. The van der Waals surface area contributed by atoms with Gasteiger partial charge in [0, 0.05) is 58.0 Å². The lowest BCUT2D eigenvalue weighted by Gasteiger charge is -2.14. The lowest BCUT2D eigenvalue weighted by molar-refractivity contribution is -0.131. The molecule has 0 spiro atoms. The Hall–Kier alpha value is -4.50. The third-order valence-corrected chi connectivity index (χ3v) is 5.41. The second kappa shape index (κ2) is 17.2. The largest absolute Gasteiger partial charge is 0.373 e. The summed E-state index contributed by atoms with van der Waals surface area (Å²) in [6, 6.07) is 1.79. The molecule has 214 valence electrons. The number of carbonyl (C=O) groups excluding carboxylic acids is 2. The summed E-state index contributed by atoms with van der Waals surface area (Å²) in [6.07, 6.45) is 9.95. The first-order valence-corrected chi connectivity index (χ1v) is 13.2. The van der Waals surface area contributed by atoms with Crippen molar-refractivity contribution in [3.8, 4) is 11.8 Å². The molecular weight excluding hydrogens is 508 g/mol. The summed E-state index contributed by atoms with van der Waals surface area (Å²) >= 11 is 0. The fourth-order valence-electron chi connectivity index (χ4n) is 3.31. The van der Waals surface area contributed by atoms with Gasteiger partial charge in [-0.05, 0) is 33.0 Å². The summed E-state index contributed by atoms with van der Waals surface area (Å²) in [6.45, 7) is 3.92. The van der Waals surface area contributed by atoms with Crippen LogP contribution in [0.5, 0.6) is 0 Å². The first-order chi connectivity index (χ1) is 19.3. The van der Waals surface area contributed by atoms with Gasteiger partial charge in [0.2, 0.25) is 17.8 Å². The third-order valence-electron chi connectivity index (χ3n) is 5.41. The highest BCUT2D eigenvalue weighted by Gasteiger charge is 2.10. The summed E-state index contributed by atoms with van der Waals surface area (Å²) in [4.78, 5) is 40.8. The highest BCUT2D eigenvalue weighted by atomic mass is 16.2. The maximum absolute atomic E-state index is 12.1. The summed E-state index contributed by atoms with van der Waals surface area (Å²) < 4.78 is 0. The van der Waals surface area contributed by atoms with E-state index in [1.54, 1.807) is 38.6 Å². The summed E-state index contributed by atoms with van der Waals surface area (Å²) in [5.41, 5.74) is 1.98. The number of unbranched alkanes of at least 4 members (excludes halogenated alkanes) is 1. The van der Waals surface area contributed by atoms with Crippen LogP contribution in [-0.4, -0.2) is 97.2 Å². The Morgan fingerprint density at radius 2 is 1.93 bits per heavy atom. The number of nitrogens with one attached hydrogen (secondary N) is 5. The molecule has 2 amide bonds. The molecule has 0 aromatic carbocycles. The number of pyridine rings is 1. The van der Waals surface area contributed by atoms with Crippen molar-refractivity contribution in [2.24, 2.45) is 0 Å². The third kappa shape index (κ3) is 11.1. The number of anilines is 4. The minimum absolute atomic E-state index is 0.000619. The van der Waals surface area contributed by atoms with Gasteiger partial charge < -0.3 is 36.5 Å². The molecule has 0 radical (unpaired) electrons. The van der Waals surface area contributed by atoms with Crippen LogP contribution in [0.15, 0.2) is 30.6 Å². The van der Waals surface area contributed by atoms with Crippen LogP contribution in [0, 0.1) is 17.3 Å². The number of aromatic nitrogens is 3. The predicted octanol–water partition coefficient (Wildman–Crippen LogP) is 2.30. The van der Waals surface area contributed by atoms with E-state index in [9.17, 15) is 9.59 Å². The molecule has 0 aliphatic carbocycles. The van der Waals surface area contributed by atoms with Crippen molar-refractivity contribution in [2.75, 3.05) is 70.3 Å². The second-order valence-electron chi connectivity index (χ2n) is 9.18. The van der Waals surface area contributed by atoms with E-state index in [1.165, 1.54) is 17.2 Å². The molecule has 0 aliphatic rings. The summed E-state index contributed by atoms with van der Waals surface area (Å²) in [7, 11) is 7.19. The van der Waals surface area contributed by atoms with Gasteiger partial charge in [-0.2, -0.15) is 4.98 Å². The lowest BCUT2D eigenvalue weighted by Crippen LogP contribution is -2.38. The molecular formula is C28H40N10O2. The number of rotatable bonds is 15. The number of carbonyl (C=O) groups is 2. The molecule has 0 bridgehead atoms. The molecule has 2 rings (SSSR count). The Morgan fingerprint density at radius 1 is 1.12 bits per heavy atom. The smallest absolute Gasteiger partial charge is 0.246 e. The average Bonchev–Trinajstić information content (AvgIpc) is 2.94. The molecule has 40 heavy (non-hydrogen) atoms. The zero-order valence-electron chi connectivity index (χ0n) is 24.0. The predicted molar refractivity (Wildman–Crippen MR) is 160 cm³/mol. The maximum atomic E-state index is 12.1. The van der Waals surface area contributed by atoms with Crippen LogP contribution in [0.3, 0.4) is 0 Å². The van der Waals surface area contributed by atoms with Crippen LogP contribution in [0.25, 0.3) is 0 Å². The van der Waals surface area contributed by atoms with Crippen LogP contribution in [0.2, 0.25) is 0 Å². The van der Waals surface area contributed by atoms with Crippen molar-refractivity contribution in [2.45, 2.75) is 26.2 Å². The fourth-order valence-corrected chi connectivity index (χ4v) is 3.31. The highest BCUT2D eigenvalue weighted by Crippen LogP contribution is 2.20. The number of amides is 2. The molecule has 2 aromatic rings. The Morgan fingerprint density at radius 3 is 2.62 bits per heavy atom. The standard InChI is InChI=1S/C28H40N10O2/c1-6-13-32-27-21(18-34-28(36-27)35-23-16-22(17-29)26(30-2)33-19-23)11-8-7-9-14-31-24(39)20-38(5)25(40)12-10-15-37(3)4/h10,12,16-19,29H,6-7,9,13-15,20H2,1-5H3,(H,30,33)(H,31,39)(H2,32,34,35,36)/b12-10+,29-17?. The SMILES string of the molecule is CCCNc1nc(Nc2cnc(NC)c(C=N)c2)ncc1C#CCCCNC(=O)CN(C)C(=O)/C=C/CN(C)C. The number of hydrogen-bond acceptors (Lipinski definition) is 10. The first kappa shape index (κ1) is 31.7. The minimum atomic E-state index is -0.212. The van der Waals surface area contributed by atoms with E-state index < -0.39 is 0 Å². The van der Waals surface area contributed by atoms with Crippen LogP contribution < -0.4 is 21.3 Å². The highest BCUT2D eigenvalue weighted by molar-refractivity contribution is 5.91. The molecule has 5 N–H and O–H groups in total. The van der Waals surface area contributed by atoms with Gasteiger partial charge in [-0.3, -0.25) is 9.59 Å². The zero-order chi connectivity index (χ0) is 29.3. The molecule has 12 nitrogen and oxygen atoms in total. The van der Waals surface area contributed by atoms with Crippen molar-refractivity contribution in [3.63, 3.8) is 0 Å². The van der Waals surface area contributed by atoms with Crippen LogP contribution in [-0.2, 0) is 9.59 Å². The molecule has 2 heterocycles. The van der Waals surface area contributed by atoms with Crippen molar-refractivity contribution < 1.29 is 9.59 Å². The summed E-state index contributed by atoms with van der Waals surface area (Å²) in [5.74, 6) is 7.44. The Kier molecular flexibility index (Phi) is 13.6. The van der Waals surface area contributed by atoms with Gasteiger partial charge in [0.25, 0.3) is 0 Å². The van der Waals surface area contributed by atoms with Crippen molar-refractivity contribution in [3.05, 3.63) is 41.7 Å². The van der Waals surface area contributed by atoms with Crippen molar-refractivity contribution in [1.29, 1.82) is 5.41 Å². The van der Waals surface area contributed by atoms with E-state index in [2.05, 4.69) is 55.0 Å². The van der Waals surface area contributed by atoms with Crippen molar-refractivity contribution >= 4 is 41.3 Å². The first-order valence-electron chi connectivity index (χ1n) is 13.2. The van der Waals surface area contributed by atoms with Crippen LogP contribution in [0.1, 0.15) is 37.3 Å². The van der Waals surface area contributed by atoms with Gasteiger partial charge in [0.1, 0.15) is 11.6 Å². The molecule has 0 unspecified atom stereocenters. The van der Waals surface area contributed by atoms with E-state index in [0.717, 1.165) is 13.0 Å². The average molecular weight is 549 g/mol. The minimum Gasteiger partial charge on any atom is -0.373 e. The number of hydrogen-bond donors (Lipinski definition) is 5. The van der Waals surface area contributed by atoms with E-state index in [-0.39, 0.29) is 18.4 Å². The molecule has 2 aromatic heterocycles. The van der Waals surface area contributed by atoms with E-state index in [0.29, 0.717) is 60.3 Å². The van der Waals surface area contributed by atoms with Gasteiger partial charge in [0.05, 0.1) is 30.2 Å². The normalized spacial score (nSPS) is 10.6. The number of nitrogens with zero attached hydrogens (tertiary/aromatic N) is 5. The second-order valence-corrected chi connectivity index (χ2v) is 9.18. The topological polar surface area (TPSA) is 151 Å². The molecule has 0 saturated heterocycles. The van der Waals surface area contributed by atoms with Gasteiger partial charge in [-0.1, -0.05) is 24.8 Å². The summed E-state index contributed by atoms with van der Waals surface area (Å²) in [5, 5.41) is 19.8. The van der Waals surface area contributed by atoms with Gasteiger partial charge in [-0.15, -0.1) is 0 Å². The Labute approximate surface area is 236 Å². The van der Waals surface area contributed by atoms with Crippen LogP contribution in [0.4, 0.5) is 23.3 Å². The maximum Gasteiger partial charge on any atom is 0.246 e. The van der Waals surface area contributed by atoms with Gasteiger partial charge in [-0.25, -0.2) is 9.97 Å². The fraction of sp³-hybridized carbons (Fsp3) is 0.429. The molecule has 12 heteroatoms. The van der Waals surface area contributed by atoms with E-state index in [4.69, 9.17) is 5.41 Å². The van der Waals surface area contributed by atoms with Gasteiger partial charge in [0.15, 0.2) is 0 Å². The number of likely N-dealkylation sites (N-methyl/N-ethyl adjacent to an activating group) is 2. The van der Waals surface area contributed by atoms with Gasteiger partial charge >= 0.3 is 0 Å². The van der Waals surface area contributed by atoms with E-state index >= 15 is 0 Å². The zero-order valence-corrected chi connectivity index (χ0v) is 24.0. The van der Waals surface area contributed by atoms with Crippen molar-refractivity contribution in [1.82, 2.24) is 30.1 Å². The van der Waals surface area contributed by atoms with Crippen LogP contribution >= 0.6 is 0 Å². The lowest BCUT2D eigenvalue weighted by atomic mass is 10.2. The molecule has 0 saturated carbocycles.